The van der Waals surface area contributed by atoms with Gasteiger partial charge >= 0.3 is 0 Å². The summed E-state index contributed by atoms with van der Waals surface area (Å²) in [5.41, 5.74) is 2.67. The van der Waals surface area contributed by atoms with Crippen LogP contribution in [0.3, 0.4) is 0 Å². The van der Waals surface area contributed by atoms with Crippen molar-refractivity contribution in [3.8, 4) is 11.5 Å². The second kappa shape index (κ2) is 9.67. The average Bonchev–Trinajstić information content (AvgIpc) is 2.70. The Hall–Kier alpha value is -3.18. The third-order valence-corrected chi connectivity index (χ3v) is 4.11. The summed E-state index contributed by atoms with van der Waals surface area (Å²) >= 11 is 0. The molecule has 0 aliphatic heterocycles. The molecular weight excluding hydrogens is 357 g/mol. The summed E-state index contributed by atoms with van der Waals surface area (Å²) in [6.07, 6.45) is 0.278. The van der Waals surface area contributed by atoms with Crippen molar-refractivity contribution in [1.82, 2.24) is 0 Å². The number of benzene rings is 3. The monoisotopic (exact) mass is 379 g/mol. The molecule has 0 aliphatic carbocycles. The Morgan fingerprint density at radius 3 is 2.39 bits per heavy atom. The molecule has 0 aliphatic rings. The van der Waals surface area contributed by atoms with Crippen molar-refractivity contribution in [3.05, 3.63) is 89.7 Å². The van der Waals surface area contributed by atoms with E-state index in [1.807, 2.05) is 43.3 Å². The highest BCUT2D eigenvalue weighted by Gasteiger charge is 2.07. The number of carbonyl (C=O) groups is 1. The van der Waals surface area contributed by atoms with Crippen LogP contribution in [0.4, 0.5) is 10.1 Å². The minimum absolute atomic E-state index is 0.108. The van der Waals surface area contributed by atoms with Crippen molar-refractivity contribution >= 4 is 11.6 Å². The number of hydrogen-bond acceptors (Lipinski definition) is 3. The smallest absolute Gasteiger partial charge is 0.226 e. The van der Waals surface area contributed by atoms with Crippen molar-refractivity contribution in [1.29, 1.82) is 0 Å². The Morgan fingerprint density at radius 1 is 0.964 bits per heavy atom. The van der Waals surface area contributed by atoms with E-state index in [1.165, 1.54) is 12.1 Å². The van der Waals surface area contributed by atoms with Crippen molar-refractivity contribution in [2.75, 3.05) is 11.9 Å². The molecule has 1 N–H and O–H groups in total. The lowest BCUT2D eigenvalue weighted by Gasteiger charge is -2.11. The first-order chi connectivity index (χ1) is 13.6. The summed E-state index contributed by atoms with van der Waals surface area (Å²) in [5, 5.41) is 2.88. The maximum Gasteiger partial charge on any atom is 0.226 e. The Balaban J connectivity index is 1.47. The standard InChI is InChI=1S/C23H22FNO3/c1-17-15-21(28-20-9-7-19(24)8-10-20)11-12-22(17)25-23(26)13-14-27-16-18-5-3-2-4-6-18/h2-12,15H,13-14,16H2,1H3,(H,25,26). The van der Waals surface area contributed by atoms with Crippen LogP contribution in [0.5, 0.6) is 11.5 Å². The maximum absolute atomic E-state index is 13.0. The Labute approximate surface area is 163 Å². The van der Waals surface area contributed by atoms with Gasteiger partial charge in [-0.3, -0.25) is 4.79 Å². The fourth-order valence-electron chi connectivity index (χ4n) is 2.62. The number of aryl methyl sites for hydroxylation is 1. The van der Waals surface area contributed by atoms with Gasteiger partial charge in [0, 0.05) is 5.69 Å². The molecule has 5 heteroatoms. The molecule has 0 fully saturated rings. The maximum atomic E-state index is 13.0. The van der Waals surface area contributed by atoms with Crippen LogP contribution in [0.2, 0.25) is 0 Å². The topological polar surface area (TPSA) is 47.6 Å². The second-order valence-corrected chi connectivity index (χ2v) is 6.37. The summed E-state index contributed by atoms with van der Waals surface area (Å²) in [7, 11) is 0. The molecule has 3 aromatic rings. The fraction of sp³-hybridized carbons (Fsp3) is 0.174. The van der Waals surface area contributed by atoms with Crippen LogP contribution >= 0.6 is 0 Å². The van der Waals surface area contributed by atoms with Gasteiger partial charge in [-0.05, 0) is 60.5 Å². The van der Waals surface area contributed by atoms with Crippen LogP contribution in [0, 0.1) is 12.7 Å². The minimum Gasteiger partial charge on any atom is -0.457 e. The number of anilines is 1. The number of halogens is 1. The number of hydrogen-bond donors (Lipinski definition) is 1. The van der Waals surface area contributed by atoms with Gasteiger partial charge in [-0.2, -0.15) is 0 Å². The molecule has 0 heterocycles. The van der Waals surface area contributed by atoms with Gasteiger partial charge in [-0.1, -0.05) is 30.3 Å². The van der Waals surface area contributed by atoms with Gasteiger partial charge in [0.15, 0.2) is 0 Å². The lowest BCUT2D eigenvalue weighted by molar-refractivity contribution is -0.117. The first-order valence-corrected chi connectivity index (χ1v) is 9.06. The van der Waals surface area contributed by atoms with E-state index in [0.29, 0.717) is 24.7 Å². The van der Waals surface area contributed by atoms with Gasteiger partial charge in [-0.15, -0.1) is 0 Å². The highest BCUT2D eigenvalue weighted by Crippen LogP contribution is 2.26. The van der Waals surface area contributed by atoms with Crippen LogP contribution in [-0.2, 0) is 16.1 Å². The third kappa shape index (κ3) is 5.93. The highest BCUT2D eigenvalue weighted by atomic mass is 19.1. The Morgan fingerprint density at radius 2 is 1.68 bits per heavy atom. The molecule has 0 spiro atoms. The molecule has 0 aromatic heterocycles. The van der Waals surface area contributed by atoms with E-state index in [0.717, 1.165) is 16.8 Å². The van der Waals surface area contributed by atoms with E-state index >= 15 is 0 Å². The molecule has 0 bridgehead atoms. The van der Waals surface area contributed by atoms with E-state index in [-0.39, 0.29) is 18.1 Å². The predicted molar refractivity (Wildman–Crippen MR) is 107 cm³/mol. The van der Waals surface area contributed by atoms with Crippen LogP contribution in [-0.4, -0.2) is 12.5 Å². The minimum atomic E-state index is -0.311. The van der Waals surface area contributed by atoms with E-state index in [2.05, 4.69) is 5.32 Å². The first-order valence-electron chi connectivity index (χ1n) is 9.06. The van der Waals surface area contributed by atoms with Gasteiger partial charge in [-0.25, -0.2) is 4.39 Å². The molecule has 144 valence electrons. The zero-order chi connectivity index (χ0) is 19.8. The number of ether oxygens (including phenoxy) is 2. The molecule has 3 aromatic carbocycles. The van der Waals surface area contributed by atoms with Crippen molar-refractivity contribution < 1.29 is 18.7 Å². The number of nitrogens with one attached hydrogen (secondary N) is 1. The molecule has 28 heavy (non-hydrogen) atoms. The van der Waals surface area contributed by atoms with Crippen molar-refractivity contribution in [3.63, 3.8) is 0 Å². The molecule has 0 unspecified atom stereocenters. The Kier molecular flexibility index (Phi) is 6.76. The molecular formula is C23H22FNO3. The van der Waals surface area contributed by atoms with E-state index < -0.39 is 0 Å². The van der Waals surface area contributed by atoms with E-state index in [9.17, 15) is 9.18 Å². The SMILES string of the molecule is Cc1cc(Oc2ccc(F)cc2)ccc1NC(=O)CCOCc1ccccc1. The van der Waals surface area contributed by atoms with E-state index in [4.69, 9.17) is 9.47 Å². The third-order valence-electron chi connectivity index (χ3n) is 4.11. The molecule has 0 saturated heterocycles. The van der Waals surface area contributed by atoms with Gasteiger partial charge < -0.3 is 14.8 Å². The number of amides is 1. The van der Waals surface area contributed by atoms with Crippen LogP contribution in [0.15, 0.2) is 72.8 Å². The molecule has 0 atom stereocenters. The largest absolute Gasteiger partial charge is 0.457 e. The zero-order valence-electron chi connectivity index (χ0n) is 15.7. The quantitative estimate of drug-likeness (QED) is 0.528. The second-order valence-electron chi connectivity index (χ2n) is 6.37. The number of carbonyl (C=O) groups excluding carboxylic acids is 1. The summed E-state index contributed by atoms with van der Waals surface area (Å²) in [6.45, 7) is 2.73. The normalized spacial score (nSPS) is 10.5. The highest BCUT2D eigenvalue weighted by molar-refractivity contribution is 5.91. The molecule has 3 rings (SSSR count). The summed E-state index contributed by atoms with van der Waals surface area (Å²) in [6, 6.07) is 21.0. The summed E-state index contributed by atoms with van der Waals surface area (Å²) in [5.74, 6) is 0.749. The molecule has 4 nitrogen and oxygen atoms in total. The molecule has 0 radical (unpaired) electrons. The van der Waals surface area contributed by atoms with Gasteiger partial charge in [0.2, 0.25) is 5.91 Å². The lowest BCUT2D eigenvalue weighted by atomic mass is 10.2. The summed E-state index contributed by atoms with van der Waals surface area (Å²) < 4.78 is 24.2. The molecule has 1 amide bonds. The van der Waals surface area contributed by atoms with Gasteiger partial charge in [0.1, 0.15) is 17.3 Å². The zero-order valence-corrected chi connectivity index (χ0v) is 15.7. The van der Waals surface area contributed by atoms with E-state index in [1.54, 1.807) is 24.3 Å². The first kappa shape index (κ1) is 19.6. The Bertz CT molecular complexity index is 911. The van der Waals surface area contributed by atoms with Crippen LogP contribution in [0.1, 0.15) is 17.5 Å². The fourth-order valence-corrected chi connectivity index (χ4v) is 2.62. The van der Waals surface area contributed by atoms with Crippen molar-refractivity contribution in [2.24, 2.45) is 0 Å². The van der Waals surface area contributed by atoms with Crippen LogP contribution < -0.4 is 10.1 Å². The van der Waals surface area contributed by atoms with Crippen molar-refractivity contribution in [2.45, 2.75) is 20.0 Å². The average molecular weight is 379 g/mol. The summed E-state index contributed by atoms with van der Waals surface area (Å²) in [4.78, 5) is 12.1. The number of rotatable bonds is 8. The van der Waals surface area contributed by atoms with Crippen LogP contribution in [0.25, 0.3) is 0 Å². The lowest BCUT2D eigenvalue weighted by Crippen LogP contribution is -2.14. The predicted octanol–water partition coefficient (Wildman–Crippen LogP) is 5.47. The molecule has 0 saturated carbocycles. The van der Waals surface area contributed by atoms with Gasteiger partial charge in [0.25, 0.3) is 0 Å². The van der Waals surface area contributed by atoms with Gasteiger partial charge in [0.05, 0.1) is 19.6 Å².